The molecule has 0 radical (unpaired) electrons. The number of pyridine rings is 1. The molecule has 0 aliphatic carbocycles. The van der Waals surface area contributed by atoms with E-state index in [1.54, 1.807) is 18.3 Å². The monoisotopic (exact) mass is 503 g/mol. The van der Waals surface area contributed by atoms with E-state index < -0.39 is 10.0 Å². The topological polar surface area (TPSA) is 90.3 Å². The number of hydrogen-bond acceptors (Lipinski definition) is 6. The third-order valence-corrected chi connectivity index (χ3v) is 8.03. The highest BCUT2D eigenvalue weighted by Gasteiger charge is 2.22. The summed E-state index contributed by atoms with van der Waals surface area (Å²) < 4.78 is 35.5. The summed E-state index contributed by atoms with van der Waals surface area (Å²) in [5, 5.41) is 0.118. The molecule has 0 saturated carbocycles. The van der Waals surface area contributed by atoms with Crippen LogP contribution in [0.1, 0.15) is 17.2 Å². The number of sulfonamides is 1. The van der Waals surface area contributed by atoms with Crippen molar-refractivity contribution in [3.63, 3.8) is 0 Å². The predicted molar refractivity (Wildman–Crippen MR) is 138 cm³/mol. The van der Waals surface area contributed by atoms with Crippen LogP contribution in [0, 0.1) is 0 Å². The van der Waals surface area contributed by atoms with Gasteiger partial charge in [-0.3, -0.25) is 9.52 Å². The number of thiazole rings is 1. The quantitative estimate of drug-likeness (QED) is 0.341. The third-order valence-electron chi connectivity index (χ3n) is 5.56. The molecule has 0 fully saturated rings. The van der Waals surface area contributed by atoms with Gasteiger partial charge in [0.2, 0.25) is 5.43 Å². The molecule has 3 aromatic carbocycles. The van der Waals surface area contributed by atoms with Gasteiger partial charge in [-0.25, -0.2) is 13.4 Å². The standard InChI is InChI=1S/C26H21N3O4S2/c1-33-20-12-14-21(15-13-20)35(31,32)28-26-27-23-22(30)16-17-29(25(23)34-26)24(18-8-4-2-5-9-18)19-10-6-3-7-11-19/h2-17,24H,1H3,(H,27,28). The first-order valence-electron chi connectivity index (χ1n) is 10.7. The lowest BCUT2D eigenvalue weighted by Gasteiger charge is -2.22. The molecule has 9 heteroatoms. The van der Waals surface area contributed by atoms with E-state index in [4.69, 9.17) is 4.74 Å². The van der Waals surface area contributed by atoms with E-state index in [0.717, 1.165) is 22.5 Å². The largest absolute Gasteiger partial charge is 0.497 e. The Bertz CT molecular complexity index is 1590. The number of hydrogen-bond donors (Lipinski definition) is 1. The van der Waals surface area contributed by atoms with E-state index in [1.165, 1.54) is 25.3 Å². The van der Waals surface area contributed by atoms with Crippen LogP contribution in [0.2, 0.25) is 0 Å². The van der Waals surface area contributed by atoms with Crippen LogP contribution in [-0.4, -0.2) is 25.1 Å². The van der Waals surface area contributed by atoms with Gasteiger partial charge < -0.3 is 9.30 Å². The first-order valence-corrected chi connectivity index (χ1v) is 13.0. The molecule has 1 N–H and O–H groups in total. The van der Waals surface area contributed by atoms with Crippen molar-refractivity contribution in [1.82, 2.24) is 9.55 Å². The second-order valence-electron chi connectivity index (χ2n) is 7.76. The van der Waals surface area contributed by atoms with Crippen LogP contribution in [0.15, 0.2) is 107 Å². The van der Waals surface area contributed by atoms with E-state index in [0.29, 0.717) is 10.6 Å². The number of anilines is 1. The molecule has 7 nitrogen and oxygen atoms in total. The first-order chi connectivity index (χ1) is 17.0. The zero-order chi connectivity index (χ0) is 24.4. The molecule has 5 aromatic rings. The molecule has 2 heterocycles. The Morgan fingerprint density at radius 2 is 1.49 bits per heavy atom. The molecule has 0 amide bonds. The summed E-state index contributed by atoms with van der Waals surface area (Å²) in [7, 11) is -2.39. The fourth-order valence-electron chi connectivity index (χ4n) is 3.90. The van der Waals surface area contributed by atoms with Crippen LogP contribution in [-0.2, 0) is 10.0 Å². The molecular weight excluding hydrogens is 482 g/mol. The van der Waals surface area contributed by atoms with Crippen LogP contribution in [0.3, 0.4) is 0 Å². The van der Waals surface area contributed by atoms with Crippen LogP contribution in [0.5, 0.6) is 5.75 Å². The van der Waals surface area contributed by atoms with Crippen molar-refractivity contribution in [3.8, 4) is 5.75 Å². The Hall–Kier alpha value is -3.95. The van der Waals surface area contributed by atoms with E-state index in [1.807, 2.05) is 65.2 Å². The van der Waals surface area contributed by atoms with Crippen molar-refractivity contribution in [1.29, 1.82) is 0 Å². The molecule has 0 bridgehead atoms. The van der Waals surface area contributed by atoms with Crippen molar-refractivity contribution < 1.29 is 13.2 Å². The van der Waals surface area contributed by atoms with Gasteiger partial charge in [-0.1, -0.05) is 72.0 Å². The van der Waals surface area contributed by atoms with Gasteiger partial charge in [0.05, 0.1) is 18.0 Å². The zero-order valence-corrected chi connectivity index (χ0v) is 20.3. The van der Waals surface area contributed by atoms with Crippen LogP contribution >= 0.6 is 11.3 Å². The maximum atomic E-state index is 13.0. The van der Waals surface area contributed by atoms with Gasteiger partial charge >= 0.3 is 0 Å². The lowest BCUT2D eigenvalue weighted by atomic mass is 9.98. The Kier molecular flexibility index (Phi) is 6.10. The number of rotatable bonds is 7. The van der Waals surface area contributed by atoms with Crippen LogP contribution in [0.4, 0.5) is 5.13 Å². The Morgan fingerprint density at radius 1 is 0.886 bits per heavy atom. The lowest BCUT2D eigenvalue weighted by Crippen LogP contribution is -2.15. The molecule has 0 saturated heterocycles. The number of ether oxygens (including phenoxy) is 1. The molecular formula is C26H21N3O4S2. The second kappa shape index (κ2) is 9.36. The maximum Gasteiger partial charge on any atom is 0.263 e. The average Bonchev–Trinajstić information content (AvgIpc) is 3.31. The van der Waals surface area contributed by atoms with Crippen molar-refractivity contribution in [3.05, 3.63) is 119 Å². The van der Waals surface area contributed by atoms with E-state index in [-0.39, 0.29) is 27.0 Å². The highest BCUT2D eigenvalue weighted by molar-refractivity contribution is 7.93. The number of aromatic nitrogens is 2. The van der Waals surface area contributed by atoms with Gasteiger partial charge in [0.1, 0.15) is 16.1 Å². The minimum Gasteiger partial charge on any atom is -0.497 e. The number of methoxy groups -OCH3 is 1. The number of nitrogens with zero attached hydrogens (tertiary/aromatic N) is 2. The van der Waals surface area contributed by atoms with E-state index in [9.17, 15) is 13.2 Å². The minimum atomic E-state index is -3.91. The first kappa shape index (κ1) is 22.8. The molecule has 176 valence electrons. The van der Waals surface area contributed by atoms with Crippen molar-refractivity contribution >= 4 is 36.8 Å². The predicted octanol–water partition coefficient (Wildman–Crippen LogP) is 4.91. The summed E-state index contributed by atoms with van der Waals surface area (Å²) in [5.41, 5.74) is 1.99. The highest BCUT2D eigenvalue weighted by atomic mass is 32.2. The zero-order valence-electron chi connectivity index (χ0n) is 18.7. The summed E-state index contributed by atoms with van der Waals surface area (Å²) in [6.07, 6.45) is 1.73. The van der Waals surface area contributed by atoms with Crippen molar-refractivity contribution in [2.75, 3.05) is 11.8 Å². The summed E-state index contributed by atoms with van der Waals surface area (Å²) >= 11 is 1.12. The van der Waals surface area contributed by atoms with Crippen LogP contribution in [0.25, 0.3) is 10.3 Å². The fraction of sp³-hybridized carbons (Fsp3) is 0.0769. The Labute approximate surface area is 206 Å². The number of benzene rings is 3. The van der Waals surface area contributed by atoms with Crippen LogP contribution < -0.4 is 14.9 Å². The molecule has 0 atom stereocenters. The van der Waals surface area contributed by atoms with Gasteiger partial charge in [-0.05, 0) is 35.4 Å². The molecule has 0 aliphatic heterocycles. The van der Waals surface area contributed by atoms with Gasteiger partial charge in [-0.2, -0.15) is 0 Å². The molecule has 0 spiro atoms. The van der Waals surface area contributed by atoms with E-state index in [2.05, 4.69) is 9.71 Å². The Morgan fingerprint density at radius 3 is 2.06 bits per heavy atom. The van der Waals surface area contributed by atoms with Gasteiger partial charge in [0.15, 0.2) is 5.13 Å². The molecule has 35 heavy (non-hydrogen) atoms. The molecule has 5 rings (SSSR count). The molecule has 2 aromatic heterocycles. The van der Waals surface area contributed by atoms with Crippen molar-refractivity contribution in [2.45, 2.75) is 10.9 Å². The average molecular weight is 504 g/mol. The summed E-state index contributed by atoms with van der Waals surface area (Å²) in [4.78, 5) is 17.7. The minimum absolute atomic E-state index is 0.0687. The summed E-state index contributed by atoms with van der Waals surface area (Å²) in [6, 6.07) is 27.1. The van der Waals surface area contributed by atoms with Crippen molar-refractivity contribution in [2.24, 2.45) is 0 Å². The lowest BCUT2D eigenvalue weighted by molar-refractivity contribution is 0.414. The second-order valence-corrected chi connectivity index (χ2v) is 10.4. The number of fused-ring (bicyclic) bond motifs is 1. The van der Waals surface area contributed by atoms with E-state index >= 15 is 0 Å². The summed E-state index contributed by atoms with van der Waals surface area (Å²) in [6.45, 7) is 0. The van der Waals surface area contributed by atoms with Gasteiger partial charge in [0.25, 0.3) is 10.0 Å². The normalized spacial score (nSPS) is 11.6. The highest BCUT2D eigenvalue weighted by Crippen LogP contribution is 2.33. The van der Waals surface area contributed by atoms with Gasteiger partial charge in [0, 0.05) is 12.3 Å². The third kappa shape index (κ3) is 4.55. The smallest absolute Gasteiger partial charge is 0.263 e. The molecule has 0 aliphatic rings. The SMILES string of the molecule is COc1ccc(S(=O)(=O)Nc2nc3c(=O)ccn(C(c4ccccc4)c4ccccc4)c3s2)cc1. The molecule has 0 unspecified atom stereocenters. The van der Waals surface area contributed by atoms with Gasteiger partial charge in [-0.15, -0.1) is 0 Å². The number of nitrogens with one attached hydrogen (secondary N) is 1. The summed E-state index contributed by atoms with van der Waals surface area (Å²) in [5.74, 6) is 0.550. The fourth-order valence-corrected chi connectivity index (χ4v) is 6.12. The Balaban J connectivity index is 1.61. The maximum absolute atomic E-state index is 13.0.